The molecule has 1 amide bonds. The van der Waals surface area contributed by atoms with E-state index in [0.717, 1.165) is 18.4 Å². The van der Waals surface area contributed by atoms with Gasteiger partial charge in [-0.15, -0.1) is 0 Å². The Labute approximate surface area is 128 Å². The van der Waals surface area contributed by atoms with Crippen LogP contribution in [-0.4, -0.2) is 18.7 Å². The fourth-order valence-electron chi connectivity index (χ4n) is 3.10. The van der Waals surface area contributed by atoms with Crippen molar-refractivity contribution in [3.63, 3.8) is 0 Å². The van der Waals surface area contributed by atoms with E-state index in [2.05, 4.69) is 5.32 Å². The third-order valence-electron chi connectivity index (χ3n) is 4.31. The minimum absolute atomic E-state index is 0.209. The van der Waals surface area contributed by atoms with Crippen LogP contribution >= 0.6 is 0 Å². The molecule has 1 saturated carbocycles. The fraction of sp³-hybridized carbons (Fsp3) is 0.500. The molecule has 6 nitrogen and oxygen atoms in total. The number of hydrogen-bond acceptors (Lipinski definition) is 5. The molecule has 1 N–H and O–H groups in total. The van der Waals surface area contributed by atoms with Crippen LogP contribution in [0.3, 0.4) is 0 Å². The zero-order valence-corrected chi connectivity index (χ0v) is 12.2. The summed E-state index contributed by atoms with van der Waals surface area (Å²) >= 11 is 0. The Kier molecular flexibility index (Phi) is 4.18. The van der Waals surface area contributed by atoms with Gasteiger partial charge in [-0.05, 0) is 30.5 Å². The molecule has 0 radical (unpaired) electrons. The summed E-state index contributed by atoms with van der Waals surface area (Å²) in [6.07, 6.45) is 2.84. The van der Waals surface area contributed by atoms with E-state index in [1.807, 2.05) is 12.1 Å². The molecule has 1 aliphatic heterocycles. The van der Waals surface area contributed by atoms with Crippen molar-refractivity contribution >= 4 is 11.9 Å². The molecule has 3 rings (SSSR count). The number of carbonyl (C=O) groups excluding carboxylic acids is 2. The molecule has 1 fully saturated rings. The molecule has 2 atom stereocenters. The normalized spacial score (nSPS) is 23.1. The van der Waals surface area contributed by atoms with Crippen molar-refractivity contribution < 1.29 is 24.2 Å². The standard InChI is InChI=1S/C16H19NO5/c18-15(11-3-1-2-4-12(11)16(19)20)17-8-10-5-6-13-14(7-10)22-9-21-13/h5-7,11-12H,1-4,8-9H2,(H,17,18)(H,19,20)/p-1/t11-,12+/m0/s1. The molecule has 6 heteroatoms. The molecule has 0 aromatic heterocycles. The SMILES string of the molecule is O=C(NCc1ccc2c(c1)OCO2)[C@H]1CCCC[C@H]1C(=O)[O-]. The number of ether oxygens (including phenoxy) is 2. The van der Waals surface area contributed by atoms with Gasteiger partial charge in [-0.2, -0.15) is 0 Å². The van der Waals surface area contributed by atoms with Gasteiger partial charge in [0.2, 0.25) is 12.7 Å². The first-order valence-electron chi connectivity index (χ1n) is 7.52. The molecule has 0 spiro atoms. The van der Waals surface area contributed by atoms with Gasteiger partial charge in [0.25, 0.3) is 0 Å². The summed E-state index contributed by atoms with van der Waals surface area (Å²) in [6, 6.07) is 5.47. The van der Waals surface area contributed by atoms with Crippen LogP contribution in [0, 0.1) is 11.8 Å². The van der Waals surface area contributed by atoms with Gasteiger partial charge in [-0.1, -0.05) is 18.9 Å². The first kappa shape index (κ1) is 14.7. The number of fused-ring (bicyclic) bond motifs is 1. The third-order valence-corrected chi connectivity index (χ3v) is 4.31. The monoisotopic (exact) mass is 304 g/mol. The number of aliphatic carboxylic acids is 1. The van der Waals surface area contributed by atoms with E-state index in [1.54, 1.807) is 6.07 Å². The van der Waals surface area contributed by atoms with Crippen LogP contribution in [0.25, 0.3) is 0 Å². The van der Waals surface area contributed by atoms with Gasteiger partial charge in [0.1, 0.15) is 0 Å². The Hall–Kier alpha value is -2.24. The predicted molar refractivity (Wildman–Crippen MR) is 74.9 cm³/mol. The Morgan fingerprint density at radius 1 is 1.14 bits per heavy atom. The summed E-state index contributed by atoms with van der Waals surface area (Å²) in [7, 11) is 0. The highest BCUT2D eigenvalue weighted by Gasteiger charge is 2.31. The minimum atomic E-state index is -1.12. The lowest BCUT2D eigenvalue weighted by Crippen LogP contribution is -2.44. The molecule has 1 heterocycles. The number of carboxylic acid groups (broad SMARTS) is 1. The van der Waals surface area contributed by atoms with Gasteiger partial charge < -0.3 is 24.7 Å². The average Bonchev–Trinajstić information content (AvgIpc) is 3.00. The van der Waals surface area contributed by atoms with Crippen molar-refractivity contribution in [3.05, 3.63) is 23.8 Å². The summed E-state index contributed by atoms with van der Waals surface area (Å²) < 4.78 is 10.5. The minimum Gasteiger partial charge on any atom is -0.550 e. The maximum atomic E-state index is 12.3. The topological polar surface area (TPSA) is 87.7 Å². The second kappa shape index (κ2) is 6.25. The van der Waals surface area contributed by atoms with Crippen LogP contribution in [0.15, 0.2) is 18.2 Å². The first-order valence-corrected chi connectivity index (χ1v) is 7.52. The number of nitrogens with one attached hydrogen (secondary N) is 1. The number of hydrogen-bond donors (Lipinski definition) is 1. The molecule has 22 heavy (non-hydrogen) atoms. The van der Waals surface area contributed by atoms with Crippen LogP contribution < -0.4 is 19.9 Å². The van der Waals surface area contributed by atoms with Gasteiger partial charge in [-0.25, -0.2) is 0 Å². The lowest BCUT2D eigenvalue weighted by molar-refractivity contribution is -0.314. The van der Waals surface area contributed by atoms with E-state index in [9.17, 15) is 14.7 Å². The predicted octanol–water partition coefficient (Wildman–Crippen LogP) is 0.588. The summed E-state index contributed by atoms with van der Waals surface area (Å²) in [6.45, 7) is 0.548. The van der Waals surface area contributed by atoms with Crippen LogP contribution in [-0.2, 0) is 16.1 Å². The lowest BCUT2D eigenvalue weighted by atomic mass is 9.78. The maximum Gasteiger partial charge on any atom is 0.231 e. The van der Waals surface area contributed by atoms with Gasteiger partial charge in [-0.3, -0.25) is 4.79 Å². The first-order chi connectivity index (χ1) is 10.6. The van der Waals surface area contributed by atoms with Gasteiger partial charge >= 0.3 is 0 Å². The van der Waals surface area contributed by atoms with Gasteiger partial charge in [0, 0.05) is 24.3 Å². The van der Waals surface area contributed by atoms with Crippen molar-refractivity contribution in [1.29, 1.82) is 0 Å². The molecular formula is C16H18NO5-. The fourth-order valence-corrected chi connectivity index (χ4v) is 3.10. The molecule has 118 valence electrons. The van der Waals surface area contributed by atoms with E-state index in [0.29, 0.717) is 30.9 Å². The van der Waals surface area contributed by atoms with Crippen LogP contribution in [0.2, 0.25) is 0 Å². The number of amides is 1. The molecule has 0 unspecified atom stereocenters. The largest absolute Gasteiger partial charge is 0.550 e. The maximum absolute atomic E-state index is 12.3. The van der Waals surface area contributed by atoms with Crippen molar-refractivity contribution in [3.8, 4) is 11.5 Å². The molecule has 0 saturated heterocycles. The Balaban J connectivity index is 1.60. The Bertz CT molecular complexity index is 586. The zero-order valence-electron chi connectivity index (χ0n) is 12.2. The quantitative estimate of drug-likeness (QED) is 0.879. The number of carbonyl (C=O) groups is 2. The number of rotatable bonds is 4. The summed E-state index contributed by atoms with van der Waals surface area (Å²) in [5.41, 5.74) is 0.887. The number of carboxylic acids is 1. The van der Waals surface area contributed by atoms with Crippen molar-refractivity contribution in [2.75, 3.05) is 6.79 Å². The van der Waals surface area contributed by atoms with E-state index in [-0.39, 0.29) is 12.7 Å². The molecule has 2 aliphatic rings. The average molecular weight is 304 g/mol. The van der Waals surface area contributed by atoms with Gasteiger partial charge in [0.15, 0.2) is 11.5 Å². The molecule has 1 aromatic rings. The van der Waals surface area contributed by atoms with E-state index in [1.165, 1.54) is 0 Å². The molecule has 0 bridgehead atoms. The molecular weight excluding hydrogens is 286 g/mol. The lowest BCUT2D eigenvalue weighted by Gasteiger charge is -2.31. The smallest absolute Gasteiger partial charge is 0.231 e. The van der Waals surface area contributed by atoms with Crippen molar-refractivity contribution in [2.45, 2.75) is 32.2 Å². The highest BCUT2D eigenvalue weighted by Crippen LogP contribution is 2.33. The van der Waals surface area contributed by atoms with Crippen molar-refractivity contribution in [1.82, 2.24) is 5.32 Å². The Morgan fingerprint density at radius 3 is 2.64 bits per heavy atom. The van der Waals surface area contributed by atoms with Crippen LogP contribution in [0.4, 0.5) is 0 Å². The Morgan fingerprint density at radius 2 is 1.86 bits per heavy atom. The summed E-state index contributed by atoms with van der Waals surface area (Å²) in [5.74, 6) is -1.15. The van der Waals surface area contributed by atoms with Crippen LogP contribution in [0.5, 0.6) is 11.5 Å². The highest BCUT2D eigenvalue weighted by molar-refractivity contribution is 5.84. The number of benzene rings is 1. The van der Waals surface area contributed by atoms with E-state index >= 15 is 0 Å². The second-order valence-corrected chi connectivity index (χ2v) is 5.72. The molecule has 1 aromatic carbocycles. The molecule has 1 aliphatic carbocycles. The second-order valence-electron chi connectivity index (χ2n) is 5.72. The zero-order chi connectivity index (χ0) is 15.5. The van der Waals surface area contributed by atoms with Gasteiger partial charge in [0.05, 0.1) is 0 Å². The van der Waals surface area contributed by atoms with E-state index in [4.69, 9.17) is 9.47 Å². The highest BCUT2D eigenvalue weighted by atomic mass is 16.7. The van der Waals surface area contributed by atoms with E-state index < -0.39 is 17.8 Å². The summed E-state index contributed by atoms with van der Waals surface area (Å²) in [5, 5.41) is 14.0. The van der Waals surface area contributed by atoms with Crippen LogP contribution in [0.1, 0.15) is 31.2 Å². The third kappa shape index (κ3) is 3.00. The van der Waals surface area contributed by atoms with Crippen molar-refractivity contribution in [2.24, 2.45) is 11.8 Å². The summed E-state index contributed by atoms with van der Waals surface area (Å²) in [4.78, 5) is 23.4.